The summed E-state index contributed by atoms with van der Waals surface area (Å²) in [5, 5.41) is 4.27. The van der Waals surface area contributed by atoms with Gasteiger partial charge in [-0.05, 0) is 30.3 Å². The summed E-state index contributed by atoms with van der Waals surface area (Å²) in [4.78, 5) is 12.5. The van der Waals surface area contributed by atoms with Crippen LogP contribution in [0.3, 0.4) is 0 Å². The maximum Gasteiger partial charge on any atom is 0.239 e. The van der Waals surface area contributed by atoms with E-state index in [1.165, 1.54) is 0 Å². The van der Waals surface area contributed by atoms with Crippen molar-refractivity contribution in [2.45, 2.75) is 0 Å². The first kappa shape index (κ1) is 11.4. The molecule has 0 unspecified atom stereocenters. The molecule has 3 aromatic rings. The van der Waals surface area contributed by atoms with Crippen LogP contribution in [0.25, 0.3) is 10.9 Å². The molecule has 3 rings (SSSR count). The summed E-state index contributed by atoms with van der Waals surface area (Å²) in [6, 6.07) is 11.6. The van der Waals surface area contributed by atoms with Gasteiger partial charge in [-0.1, -0.05) is 6.07 Å². The molecule has 0 saturated carbocycles. The van der Waals surface area contributed by atoms with Crippen molar-refractivity contribution in [2.75, 3.05) is 10.7 Å². The average Bonchev–Trinajstić information content (AvgIpc) is 2.48. The van der Waals surface area contributed by atoms with Crippen LogP contribution in [0.1, 0.15) is 0 Å². The Bertz CT molecular complexity index is 707. The number of nitrogens with zero attached hydrogens (tertiary/aromatic N) is 3. The van der Waals surface area contributed by atoms with Crippen molar-refractivity contribution in [1.82, 2.24) is 15.0 Å². The van der Waals surface area contributed by atoms with Crippen LogP contribution in [-0.4, -0.2) is 15.0 Å². The number of nitrogens with one attached hydrogen (secondary N) is 2. The third kappa shape index (κ3) is 2.29. The quantitative estimate of drug-likeness (QED) is 0.488. The van der Waals surface area contributed by atoms with Crippen LogP contribution in [0, 0.1) is 0 Å². The summed E-state index contributed by atoms with van der Waals surface area (Å²) in [7, 11) is 0. The minimum absolute atomic E-state index is 0.364. The third-order valence-electron chi connectivity index (χ3n) is 2.69. The Morgan fingerprint density at radius 1 is 0.947 bits per heavy atom. The lowest BCUT2D eigenvalue weighted by Gasteiger charge is -2.09. The molecule has 0 aliphatic carbocycles. The fourth-order valence-corrected chi connectivity index (χ4v) is 1.85. The van der Waals surface area contributed by atoms with Crippen molar-refractivity contribution in [3.05, 3.63) is 48.8 Å². The summed E-state index contributed by atoms with van der Waals surface area (Å²) in [5.74, 6) is 6.32. The van der Waals surface area contributed by atoms with Crippen molar-refractivity contribution in [1.29, 1.82) is 0 Å². The number of aromatic nitrogens is 3. The molecule has 0 saturated heterocycles. The van der Waals surface area contributed by atoms with Crippen LogP contribution in [0.4, 0.5) is 17.5 Å². The van der Waals surface area contributed by atoms with Gasteiger partial charge in [0, 0.05) is 23.5 Å². The zero-order chi connectivity index (χ0) is 13.1. The van der Waals surface area contributed by atoms with E-state index in [9.17, 15) is 0 Å². The van der Waals surface area contributed by atoms with E-state index >= 15 is 0 Å². The first-order chi connectivity index (χ1) is 9.36. The number of fused-ring (bicyclic) bond motifs is 1. The highest BCUT2D eigenvalue weighted by atomic mass is 15.3. The topological polar surface area (TPSA) is 88.8 Å². The van der Waals surface area contributed by atoms with E-state index < -0.39 is 0 Å². The lowest BCUT2D eigenvalue weighted by Crippen LogP contribution is -2.10. The normalized spacial score (nSPS) is 10.4. The summed E-state index contributed by atoms with van der Waals surface area (Å²) < 4.78 is 0. The van der Waals surface area contributed by atoms with E-state index in [4.69, 9.17) is 5.84 Å². The Morgan fingerprint density at radius 3 is 2.79 bits per heavy atom. The molecule has 1 aromatic carbocycles. The van der Waals surface area contributed by atoms with Crippen molar-refractivity contribution in [3.63, 3.8) is 0 Å². The van der Waals surface area contributed by atoms with Gasteiger partial charge in [0.15, 0.2) is 0 Å². The molecule has 0 aliphatic rings. The number of hydrogen-bond donors (Lipinski definition) is 3. The van der Waals surface area contributed by atoms with Gasteiger partial charge in [0.05, 0.1) is 5.52 Å². The van der Waals surface area contributed by atoms with Gasteiger partial charge >= 0.3 is 0 Å². The molecule has 0 amide bonds. The lowest BCUT2D eigenvalue weighted by molar-refractivity contribution is 1.12. The Balaban J connectivity index is 2.01. The van der Waals surface area contributed by atoms with Crippen LogP contribution in [0.15, 0.2) is 48.8 Å². The highest BCUT2D eigenvalue weighted by Crippen LogP contribution is 2.24. The van der Waals surface area contributed by atoms with Gasteiger partial charge in [-0.3, -0.25) is 10.4 Å². The average molecular weight is 252 g/mol. The van der Waals surface area contributed by atoms with Gasteiger partial charge < -0.3 is 5.32 Å². The second kappa shape index (κ2) is 4.87. The van der Waals surface area contributed by atoms with Crippen LogP contribution in [0.5, 0.6) is 0 Å². The highest BCUT2D eigenvalue weighted by molar-refractivity contribution is 5.92. The number of rotatable bonds is 3. The Kier molecular flexibility index (Phi) is 2.91. The molecular formula is C13H12N6. The molecule has 6 heteroatoms. The first-order valence-electron chi connectivity index (χ1n) is 5.77. The Labute approximate surface area is 109 Å². The van der Waals surface area contributed by atoms with E-state index in [-0.39, 0.29) is 0 Å². The second-order valence-electron chi connectivity index (χ2n) is 3.91. The maximum absolute atomic E-state index is 5.29. The van der Waals surface area contributed by atoms with Crippen LogP contribution in [0.2, 0.25) is 0 Å². The third-order valence-corrected chi connectivity index (χ3v) is 2.69. The maximum atomic E-state index is 5.29. The van der Waals surface area contributed by atoms with Gasteiger partial charge in [-0.2, -0.15) is 4.98 Å². The number of benzene rings is 1. The van der Waals surface area contributed by atoms with E-state index in [0.717, 1.165) is 16.6 Å². The zero-order valence-corrected chi connectivity index (χ0v) is 10.0. The number of hydrazine groups is 1. The summed E-state index contributed by atoms with van der Waals surface area (Å²) in [5.41, 5.74) is 4.28. The van der Waals surface area contributed by atoms with Gasteiger partial charge in [0.2, 0.25) is 5.95 Å². The SMILES string of the molecule is NNc1nccc(Nc2cccc3ncccc23)n1. The predicted molar refractivity (Wildman–Crippen MR) is 74.9 cm³/mol. The molecule has 0 fully saturated rings. The summed E-state index contributed by atoms with van der Waals surface area (Å²) in [6.07, 6.45) is 3.40. The van der Waals surface area contributed by atoms with Crippen molar-refractivity contribution in [2.24, 2.45) is 5.84 Å². The number of anilines is 3. The second-order valence-corrected chi connectivity index (χ2v) is 3.91. The van der Waals surface area contributed by atoms with Crippen LogP contribution >= 0.6 is 0 Å². The first-order valence-corrected chi connectivity index (χ1v) is 5.77. The lowest BCUT2D eigenvalue weighted by atomic mass is 10.2. The summed E-state index contributed by atoms with van der Waals surface area (Å²) in [6.45, 7) is 0. The number of pyridine rings is 1. The highest BCUT2D eigenvalue weighted by Gasteiger charge is 2.03. The van der Waals surface area contributed by atoms with E-state index in [0.29, 0.717) is 11.8 Å². The number of nitrogens with two attached hydrogens (primary N) is 1. The van der Waals surface area contributed by atoms with Gasteiger partial charge in [-0.25, -0.2) is 10.8 Å². The molecule has 6 nitrogen and oxygen atoms in total. The molecule has 0 atom stereocenters. The van der Waals surface area contributed by atoms with Crippen LogP contribution < -0.4 is 16.6 Å². The fourth-order valence-electron chi connectivity index (χ4n) is 1.85. The largest absolute Gasteiger partial charge is 0.340 e. The molecule has 0 aliphatic heterocycles. The molecule has 4 N–H and O–H groups in total. The molecular weight excluding hydrogens is 240 g/mol. The van der Waals surface area contributed by atoms with E-state index in [2.05, 4.69) is 25.7 Å². The standard InChI is InChI=1S/C13H12N6/c14-19-13-16-8-6-12(18-13)17-11-5-1-4-10-9(11)3-2-7-15-10/h1-8H,14H2,(H2,16,17,18,19). The molecule has 0 radical (unpaired) electrons. The minimum atomic E-state index is 0.364. The Hall–Kier alpha value is -2.73. The zero-order valence-electron chi connectivity index (χ0n) is 10.0. The molecule has 0 bridgehead atoms. The molecule has 0 spiro atoms. The smallest absolute Gasteiger partial charge is 0.239 e. The van der Waals surface area contributed by atoms with E-state index in [1.54, 1.807) is 18.5 Å². The van der Waals surface area contributed by atoms with Gasteiger partial charge in [0.25, 0.3) is 0 Å². The molecule has 94 valence electrons. The predicted octanol–water partition coefficient (Wildman–Crippen LogP) is 2.05. The number of hydrogen-bond acceptors (Lipinski definition) is 6. The monoisotopic (exact) mass is 252 g/mol. The van der Waals surface area contributed by atoms with Crippen molar-refractivity contribution < 1.29 is 0 Å². The molecule has 2 heterocycles. The fraction of sp³-hybridized carbons (Fsp3) is 0. The molecule has 2 aromatic heterocycles. The molecule has 19 heavy (non-hydrogen) atoms. The summed E-state index contributed by atoms with van der Waals surface area (Å²) >= 11 is 0. The van der Waals surface area contributed by atoms with Crippen molar-refractivity contribution >= 4 is 28.4 Å². The Morgan fingerprint density at radius 2 is 1.89 bits per heavy atom. The van der Waals surface area contributed by atoms with E-state index in [1.807, 2.05) is 30.3 Å². The minimum Gasteiger partial charge on any atom is -0.340 e. The van der Waals surface area contributed by atoms with Gasteiger partial charge in [-0.15, -0.1) is 0 Å². The van der Waals surface area contributed by atoms with Crippen molar-refractivity contribution in [3.8, 4) is 0 Å². The number of nitrogen functional groups attached to an aromatic ring is 1. The van der Waals surface area contributed by atoms with Gasteiger partial charge in [0.1, 0.15) is 5.82 Å². The van der Waals surface area contributed by atoms with Crippen LogP contribution in [-0.2, 0) is 0 Å².